The monoisotopic (exact) mass is 219 g/mol. The van der Waals surface area contributed by atoms with Crippen LogP contribution < -0.4 is 9.64 Å². The van der Waals surface area contributed by atoms with Crippen LogP contribution in [0.4, 0.5) is 5.69 Å². The minimum atomic E-state index is 0.0945. The molecule has 1 aromatic rings. The first kappa shape index (κ1) is 11.0. The first-order valence-electron chi connectivity index (χ1n) is 5.64. The summed E-state index contributed by atoms with van der Waals surface area (Å²) in [5.41, 5.74) is 1.78. The van der Waals surface area contributed by atoms with Crippen LogP contribution in [-0.4, -0.2) is 25.0 Å². The summed E-state index contributed by atoms with van der Waals surface area (Å²) >= 11 is 0. The van der Waals surface area contributed by atoms with Gasteiger partial charge in [0.15, 0.2) is 5.78 Å². The summed E-state index contributed by atoms with van der Waals surface area (Å²) in [6.07, 6.45) is 0. The predicted octanol–water partition coefficient (Wildman–Crippen LogP) is 2.50. The number of Topliss-reactive ketones (excluding diaryl/α,β-unsaturated/α-hetero) is 1. The number of benzene rings is 1. The first-order chi connectivity index (χ1) is 7.59. The maximum absolute atomic E-state index is 11.3. The van der Waals surface area contributed by atoms with Crippen molar-refractivity contribution in [3.8, 4) is 5.75 Å². The predicted molar refractivity (Wildman–Crippen MR) is 64.4 cm³/mol. The molecule has 0 aromatic heterocycles. The molecule has 0 saturated carbocycles. The van der Waals surface area contributed by atoms with Crippen molar-refractivity contribution in [2.24, 2.45) is 0 Å². The van der Waals surface area contributed by atoms with Crippen LogP contribution in [0.3, 0.4) is 0 Å². The van der Waals surface area contributed by atoms with Crippen LogP contribution in [0, 0.1) is 0 Å². The molecule has 0 fully saturated rings. The van der Waals surface area contributed by atoms with Gasteiger partial charge in [0.1, 0.15) is 12.4 Å². The second-order valence-corrected chi connectivity index (χ2v) is 4.37. The van der Waals surface area contributed by atoms with E-state index in [0.717, 1.165) is 23.5 Å². The van der Waals surface area contributed by atoms with Crippen molar-refractivity contribution in [1.82, 2.24) is 0 Å². The van der Waals surface area contributed by atoms with Crippen LogP contribution in [0.5, 0.6) is 5.75 Å². The Bertz CT molecular complexity index is 412. The van der Waals surface area contributed by atoms with Gasteiger partial charge >= 0.3 is 0 Å². The van der Waals surface area contributed by atoms with Crippen molar-refractivity contribution in [2.45, 2.75) is 26.8 Å². The number of hydrogen-bond acceptors (Lipinski definition) is 3. The number of ketones is 1. The number of ether oxygens (including phenoxy) is 1. The highest BCUT2D eigenvalue weighted by atomic mass is 16.5. The lowest BCUT2D eigenvalue weighted by atomic mass is 10.1. The molecule has 0 spiro atoms. The van der Waals surface area contributed by atoms with Gasteiger partial charge in [0, 0.05) is 11.6 Å². The molecule has 0 N–H and O–H groups in total. The third-order valence-corrected chi connectivity index (χ3v) is 2.89. The van der Waals surface area contributed by atoms with Crippen molar-refractivity contribution in [2.75, 3.05) is 18.1 Å². The molecule has 0 saturated heterocycles. The molecule has 0 atom stereocenters. The van der Waals surface area contributed by atoms with Crippen LogP contribution in [0.15, 0.2) is 18.2 Å². The van der Waals surface area contributed by atoms with Gasteiger partial charge in [-0.1, -0.05) is 0 Å². The summed E-state index contributed by atoms with van der Waals surface area (Å²) in [4.78, 5) is 13.6. The van der Waals surface area contributed by atoms with Gasteiger partial charge in [-0.25, -0.2) is 0 Å². The van der Waals surface area contributed by atoms with E-state index < -0.39 is 0 Å². The molecule has 1 aliphatic rings. The normalized spacial score (nSPS) is 14.6. The molecule has 16 heavy (non-hydrogen) atoms. The van der Waals surface area contributed by atoms with Gasteiger partial charge in [-0.15, -0.1) is 0 Å². The van der Waals surface area contributed by atoms with Gasteiger partial charge in [-0.2, -0.15) is 0 Å². The second kappa shape index (κ2) is 4.16. The highest BCUT2D eigenvalue weighted by Crippen LogP contribution is 2.33. The van der Waals surface area contributed by atoms with E-state index in [-0.39, 0.29) is 5.78 Å². The van der Waals surface area contributed by atoms with Crippen LogP contribution in [0.1, 0.15) is 31.1 Å². The van der Waals surface area contributed by atoms with E-state index in [1.54, 1.807) is 6.92 Å². The Balaban J connectivity index is 2.44. The van der Waals surface area contributed by atoms with Crippen molar-refractivity contribution < 1.29 is 9.53 Å². The van der Waals surface area contributed by atoms with E-state index in [0.29, 0.717) is 12.6 Å². The average Bonchev–Trinajstić information content (AvgIpc) is 2.27. The fourth-order valence-electron chi connectivity index (χ4n) is 1.99. The van der Waals surface area contributed by atoms with Gasteiger partial charge in [0.25, 0.3) is 0 Å². The van der Waals surface area contributed by atoms with Gasteiger partial charge in [-0.05, 0) is 39.0 Å². The van der Waals surface area contributed by atoms with Crippen molar-refractivity contribution in [3.63, 3.8) is 0 Å². The highest BCUT2D eigenvalue weighted by molar-refractivity contribution is 5.95. The summed E-state index contributed by atoms with van der Waals surface area (Å²) in [6, 6.07) is 6.06. The Labute approximate surface area is 96.0 Å². The zero-order valence-corrected chi connectivity index (χ0v) is 9.99. The molecule has 1 aromatic carbocycles. The van der Waals surface area contributed by atoms with E-state index in [4.69, 9.17) is 4.74 Å². The molecular formula is C13H17NO2. The molecule has 0 amide bonds. The maximum Gasteiger partial charge on any atom is 0.159 e. The second-order valence-electron chi connectivity index (χ2n) is 4.37. The van der Waals surface area contributed by atoms with E-state index in [1.807, 2.05) is 18.2 Å². The summed E-state index contributed by atoms with van der Waals surface area (Å²) in [5, 5.41) is 0. The summed E-state index contributed by atoms with van der Waals surface area (Å²) in [5.74, 6) is 0.974. The Morgan fingerprint density at radius 1 is 1.44 bits per heavy atom. The molecule has 3 nitrogen and oxygen atoms in total. The van der Waals surface area contributed by atoms with Crippen LogP contribution >= 0.6 is 0 Å². The van der Waals surface area contributed by atoms with Gasteiger partial charge in [0.2, 0.25) is 0 Å². The van der Waals surface area contributed by atoms with Gasteiger partial charge in [-0.3, -0.25) is 4.79 Å². The molecule has 1 aliphatic heterocycles. The summed E-state index contributed by atoms with van der Waals surface area (Å²) < 4.78 is 5.59. The van der Waals surface area contributed by atoms with E-state index in [1.165, 1.54) is 0 Å². The van der Waals surface area contributed by atoms with E-state index >= 15 is 0 Å². The van der Waals surface area contributed by atoms with E-state index in [2.05, 4.69) is 18.7 Å². The number of fused-ring (bicyclic) bond motifs is 1. The molecule has 0 radical (unpaired) electrons. The number of carbonyl (C=O) groups excluding carboxylic acids is 1. The average molecular weight is 219 g/mol. The molecule has 3 heteroatoms. The van der Waals surface area contributed by atoms with E-state index in [9.17, 15) is 4.79 Å². The molecule has 86 valence electrons. The number of hydrogen-bond donors (Lipinski definition) is 0. The fraction of sp³-hybridized carbons (Fsp3) is 0.462. The molecule has 1 heterocycles. The quantitative estimate of drug-likeness (QED) is 0.716. The van der Waals surface area contributed by atoms with Crippen molar-refractivity contribution >= 4 is 11.5 Å². The molecule has 0 unspecified atom stereocenters. The molecule has 0 aliphatic carbocycles. The Kier molecular flexibility index (Phi) is 2.86. The third kappa shape index (κ3) is 1.90. The topological polar surface area (TPSA) is 29.5 Å². The number of anilines is 1. The largest absolute Gasteiger partial charge is 0.490 e. The van der Waals surface area contributed by atoms with Crippen LogP contribution in [-0.2, 0) is 0 Å². The standard InChI is InChI=1S/C13H17NO2/c1-9(2)14-6-7-16-13-5-4-11(10(3)15)8-12(13)14/h4-5,8-9H,6-7H2,1-3H3. The Morgan fingerprint density at radius 3 is 2.81 bits per heavy atom. The maximum atomic E-state index is 11.3. The van der Waals surface area contributed by atoms with Crippen LogP contribution in [0.25, 0.3) is 0 Å². The Hall–Kier alpha value is -1.51. The Morgan fingerprint density at radius 2 is 2.19 bits per heavy atom. The van der Waals surface area contributed by atoms with Crippen LogP contribution in [0.2, 0.25) is 0 Å². The molecule has 0 bridgehead atoms. The van der Waals surface area contributed by atoms with Gasteiger partial charge < -0.3 is 9.64 Å². The number of rotatable bonds is 2. The summed E-state index contributed by atoms with van der Waals surface area (Å²) in [6.45, 7) is 7.48. The minimum absolute atomic E-state index is 0.0945. The minimum Gasteiger partial charge on any atom is -0.490 e. The molecular weight excluding hydrogens is 202 g/mol. The number of carbonyl (C=O) groups is 1. The third-order valence-electron chi connectivity index (χ3n) is 2.89. The lowest BCUT2D eigenvalue weighted by Crippen LogP contribution is -2.38. The number of nitrogens with zero attached hydrogens (tertiary/aromatic N) is 1. The zero-order chi connectivity index (χ0) is 11.7. The highest BCUT2D eigenvalue weighted by Gasteiger charge is 2.20. The fourth-order valence-corrected chi connectivity index (χ4v) is 1.99. The lowest BCUT2D eigenvalue weighted by molar-refractivity contribution is 0.101. The summed E-state index contributed by atoms with van der Waals surface area (Å²) in [7, 11) is 0. The van der Waals surface area contributed by atoms with Crippen molar-refractivity contribution in [3.05, 3.63) is 23.8 Å². The van der Waals surface area contributed by atoms with Gasteiger partial charge in [0.05, 0.1) is 12.2 Å². The molecule has 2 rings (SSSR count). The zero-order valence-electron chi connectivity index (χ0n) is 9.99. The lowest BCUT2D eigenvalue weighted by Gasteiger charge is -2.34. The SMILES string of the molecule is CC(=O)c1ccc2c(c1)N(C(C)C)CCO2. The first-order valence-corrected chi connectivity index (χ1v) is 5.64. The smallest absolute Gasteiger partial charge is 0.159 e. The van der Waals surface area contributed by atoms with Crippen molar-refractivity contribution in [1.29, 1.82) is 0 Å².